The molecule has 0 bridgehead atoms. The molecule has 118 valence electrons. The van der Waals surface area contributed by atoms with Crippen molar-refractivity contribution in [2.24, 2.45) is 0 Å². The van der Waals surface area contributed by atoms with Gasteiger partial charge in [-0.05, 0) is 32.6 Å². The summed E-state index contributed by atoms with van der Waals surface area (Å²) in [5.74, 6) is 0. The molecule has 0 spiro atoms. The van der Waals surface area contributed by atoms with Crippen molar-refractivity contribution in [2.45, 2.75) is 70.8 Å². The molecule has 2 saturated heterocycles. The number of nitrogens with one attached hydrogen (secondary N) is 1. The summed E-state index contributed by atoms with van der Waals surface area (Å²) in [6, 6.07) is 0.551. The van der Waals surface area contributed by atoms with Gasteiger partial charge in [-0.15, -0.1) is 0 Å². The van der Waals surface area contributed by atoms with Crippen molar-refractivity contribution in [3.05, 3.63) is 0 Å². The fraction of sp³-hybridized carbons (Fsp3) is 1.00. The molecular formula is C16H32N2O2. The fourth-order valence-corrected chi connectivity index (χ4v) is 3.21. The van der Waals surface area contributed by atoms with Crippen LogP contribution in [0, 0.1) is 0 Å². The molecule has 0 aromatic carbocycles. The molecule has 0 aromatic rings. The monoisotopic (exact) mass is 284 g/mol. The van der Waals surface area contributed by atoms with E-state index in [2.05, 4.69) is 31.0 Å². The normalized spacial score (nSPS) is 29.4. The van der Waals surface area contributed by atoms with Crippen molar-refractivity contribution in [3.8, 4) is 0 Å². The third-order valence-electron chi connectivity index (χ3n) is 4.35. The highest BCUT2D eigenvalue weighted by atomic mass is 16.5. The van der Waals surface area contributed by atoms with Crippen LogP contribution in [0.1, 0.15) is 46.5 Å². The Morgan fingerprint density at radius 2 is 1.85 bits per heavy atom. The maximum absolute atomic E-state index is 6.15. The van der Waals surface area contributed by atoms with E-state index in [1.165, 1.54) is 38.8 Å². The van der Waals surface area contributed by atoms with Gasteiger partial charge in [-0.3, -0.25) is 0 Å². The Morgan fingerprint density at radius 1 is 1.15 bits per heavy atom. The van der Waals surface area contributed by atoms with Crippen molar-refractivity contribution in [1.29, 1.82) is 0 Å². The van der Waals surface area contributed by atoms with Crippen LogP contribution in [0.5, 0.6) is 0 Å². The summed E-state index contributed by atoms with van der Waals surface area (Å²) in [5.41, 5.74) is 0. The van der Waals surface area contributed by atoms with Gasteiger partial charge in [0.25, 0.3) is 0 Å². The highest BCUT2D eigenvalue weighted by Gasteiger charge is 2.28. The molecule has 20 heavy (non-hydrogen) atoms. The first kappa shape index (κ1) is 16.2. The third kappa shape index (κ3) is 5.32. The van der Waals surface area contributed by atoms with E-state index in [1.54, 1.807) is 0 Å². The maximum atomic E-state index is 6.15. The molecule has 1 N–H and O–H groups in total. The molecule has 2 rings (SSSR count). The van der Waals surface area contributed by atoms with Gasteiger partial charge in [0.2, 0.25) is 0 Å². The number of nitrogens with zero attached hydrogens (tertiary/aromatic N) is 1. The Bertz CT molecular complexity index is 265. The van der Waals surface area contributed by atoms with Gasteiger partial charge in [0.15, 0.2) is 0 Å². The van der Waals surface area contributed by atoms with Crippen LogP contribution in [-0.2, 0) is 9.47 Å². The average Bonchev–Trinajstić information content (AvgIpc) is 2.87. The van der Waals surface area contributed by atoms with Crippen LogP contribution in [-0.4, -0.2) is 62.0 Å². The van der Waals surface area contributed by atoms with Crippen molar-refractivity contribution >= 4 is 0 Å². The lowest BCUT2D eigenvalue weighted by atomic mass is 10.1. The Balaban J connectivity index is 1.61. The molecule has 0 aromatic heterocycles. The van der Waals surface area contributed by atoms with Gasteiger partial charge >= 0.3 is 0 Å². The first-order chi connectivity index (χ1) is 9.67. The van der Waals surface area contributed by atoms with Gasteiger partial charge in [0, 0.05) is 38.8 Å². The third-order valence-corrected chi connectivity index (χ3v) is 4.35. The summed E-state index contributed by atoms with van der Waals surface area (Å²) in [5, 5.41) is 3.48. The molecule has 2 unspecified atom stereocenters. The minimum atomic E-state index is 0.420. The highest BCUT2D eigenvalue weighted by molar-refractivity contribution is 4.81. The zero-order valence-corrected chi connectivity index (χ0v) is 13.4. The van der Waals surface area contributed by atoms with Crippen molar-refractivity contribution in [3.63, 3.8) is 0 Å². The maximum Gasteiger partial charge on any atom is 0.0707 e. The largest absolute Gasteiger partial charge is 0.378 e. The molecule has 4 nitrogen and oxygen atoms in total. The van der Waals surface area contributed by atoms with Crippen LogP contribution in [0.15, 0.2) is 0 Å². The van der Waals surface area contributed by atoms with Gasteiger partial charge in [0.1, 0.15) is 0 Å². The second-order valence-corrected chi connectivity index (χ2v) is 6.48. The number of likely N-dealkylation sites (tertiary alicyclic amines) is 1. The molecule has 2 aliphatic rings. The predicted molar refractivity (Wildman–Crippen MR) is 82.1 cm³/mol. The van der Waals surface area contributed by atoms with Crippen LogP contribution in [0.2, 0.25) is 0 Å². The summed E-state index contributed by atoms with van der Waals surface area (Å²) in [6.07, 6.45) is 6.14. The number of hydrogen-bond acceptors (Lipinski definition) is 4. The predicted octanol–water partition coefficient (Wildman–Crippen LogP) is 2.03. The smallest absolute Gasteiger partial charge is 0.0707 e. The van der Waals surface area contributed by atoms with E-state index in [0.29, 0.717) is 24.4 Å². The zero-order chi connectivity index (χ0) is 14.4. The summed E-state index contributed by atoms with van der Waals surface area (Å²) in [7, 11) is 0. The minimum absolute atomic E-state index is 0.420. The molecule has 0 radical (unpaired) electrons. The SMILES string of the molecule is CCOC1CCN(CC2CCC(CNC(C)C)O2)CC1. The van der Waals surface area contributed by atoms with Crippen molar-refractivity contribution < 1.29 is 9.47 Å². The second kappa shape index (κ2) is 8.32. The van der Waals surface area contributed by atoms with Gasteiger partial charge in [-0.25, -0.2) is 0 Å². The summed E-state index contributed by atoms with van der Waals surface area (Å²) in [4.78, 5) is 2.55. The van der Waals surface area contributed by atoms with E-state index < -0.39 is 0 Å². The zero-order valence-electron chi connectivity index (χ0n) is 13.4. The number of piperidine rings is 1. The van der Waals surface area contributed by atoms with E-state index in [-0.39, 0.29) is 0 Å². The minimum Gasteiger partial charge on any atom is -0.378 e. The van der Waals surface area contributed by atoms with Gasteiger partial charge in [0.05, 0.1) is 18.3 Å². The number of rotatable bonds is 7. The van der Waals surface area contributed by atoms with E-state index in [1.807, 2.05) is 0 Å². The Hall–Kier alpha value is -0.160. The van der Waals surface area contributed by atoms with Gasteiger partial charge in [-0.2, -0.15) is 0 Å². The molecule has 2 aliphatic heterocycles. The highest BCUT2D eigenvalue weighted by Crippen LogP contribution is 2.22. The molecule has 2 atom stereocenters. The van der Waals surface area contributed by atoms with Crippen LogP contribution in [0.3, 0.4) is 0 Å². The lowest BCUT2D eigenvalue weighted by Crippen LogP contribution is -2.41. The quantitative estimate of drug-likeness (QED) is 0.775. The molecule has 2 heterocycles. The molecule has 2 fully saturated rings. The van der Waals surface area contributed by atoms with Gasteiger partial charge < -0.3 is 19.7 Å². The van der Waals surface area contributed by atoms with E-state index in [4.69, 9.17) is 9.47 Å². The molecule has 0 aliphatic carbocycles. The van der Waals surface area contributed by atoms with Gasteiger partial charge in [-0.1, -0.05) is 13.8 Å². The van der Waals surface area contributed by atoms with Crippen molar-refractivity contribution in [1.82, 2.24) is 10.2 Å². The van der Waals surface area contributed by atoms with Crippen LogP contribution >= 0.6 is 0 Å². The average molecular weight is 284 g/mol. The first-order valence-corrected chi connectivity index (χ1v) is 8.40. The molecule has 4 heteroatoms. The molecule has 0 saturated carbocycles. The first-order valence-electron chi connectivity index (χ1n) is 8.40. The number of hydrogen-bond donors (Lipinski definition) is 1. The lowest BCUT2D eigenvalue weighted by molar-refractivity contribution is -0.0122. The Kier molecular flexibility index (Phi) is 6.75. The Labute approximate surface area is 124 Å². The molecule has 0 amide bonds. The number of ether oxygens (including phenoxy) is 2. The fourth-order valence-electron chi connectivity index (χ4n) is 3.21. The lowest BCUT2D eigenvalue weighted by Gasteiger charge is -2.33. The van der Waals surface area contributed by atoms with Crippen molar-refractivity contribution in [2.75, 3.05) is 32.8 Å². The topological polar surface area (TPSA) is 33.7 Å². The summed E-state index contributed by atoms with van der Waals surface area (Å²) < 4.78 is 11.9. The van der Waals surface area contributed by atoms with E-state index in [9.17, 15) is 0 Å². The standard InChI is InChI=1S/C16H32N2O2/c1-4-19-14-7-9-18(10-8-14)12-16-6-5-15(20-16)11-17-13(2)3/h13-17H,4-12H2,1-3H3. The summed E-state index contributed by atoms with van der Waals surface area (Å²) in [6.45, 7) is 11.8. The second-order valence-electron chi connectivity index (χ2n) is 6.48. The van der Waals surface area contributed by atoms with E-state index >= 15 is 0 Å². The van der Waals surface area contributed by atoms with E-state index in [0.717, 1.165) is 19.7 Å². The molecular weight excluding hydrogens is 252 g/mol. The van der Waals surface area contributed by atoms with Crippen LogP contribution in [0.25, 0.3) is 0 Å². The Morgan fingerprint density at radius 3 is 2.50 bits per heavy atom. The van der Waals surface area contributed by atoms with Crippen LogP contribution < -0.4 is 5.32 Å². The summed E-state index contributed by atoms with van der Waals surface area (Å²) >= 11 is 0. The van der Waals surface area contributed by atoms with Crippen LogP contribution in [0.4, 0.5) is 0 Å².